The number of hydrogen-bond donors (Lipinski definition) is 2. The van der Waals surface area contributed by atoms with Gasteiger partial charge in [-0.1, -0.05) is 53.5 Å². The van der Waals surface area contributed by atoms with E-state index in [1.807, 2.05) is 32.9 Å². The summed E-state index contributed by atoms with van der Waals surface area (Å²) in [7, 11) is 0. The summed E-state index contributed by atoms with van der Waals surface area (Å²) in [5.74, 6) is 0.735. The Morgan fingerprint density at radius 1 is 1.12 bits per heavy atom. The van der Waals surface area contributed by atoms with Gasteiger partial charge in [-0.05, 0) is 79.5 Å². The molecule has 4 heteroatoms. The second-order valence-electron chi connectivity index (χ2n) is 12.2. The Kier molecular flexibility index (Phi) is 6.49. The first-order valence-electron chi connectivity index (χ1n) is 12.1. The van der Waals surface area contributed by atoms with E-state index >= 15 is 0 Å². The van der Waals surface area contributed by atoms with Crippen LogP contribution in [0.3, 0.4) is 0 Å². The number of benzene rings is 1. The average Bonchev–Trinajstić information content (AvgIpc) is 2.68. The fourth-order valence-corrected chi connectivity index (χ4v) is 5.58. The SMILES string of the molecule is CCCCC(C)(C)c1cc(O)c([C@H]2C=C(COC(=O)C(C)(C)C)[C@H]3C[C@@H]2C3(C)C)c(O)c1. The Morgan fingerprint density at radius 3 is 2.22 bits per heavy atom. The molecule has 0 aliphatic heterocycles. The summed E-state index contributed by atoms with van der Waals surface area (Å²) in [6.07, 6.45) is 6.35. The molecule has 1 fully saturated rings. The molecule has 3 atom stereocenters. The van der Waals surface area contributed by atoms with Crippen molar-refractivity contribution < 1.29 is 19.7 Å². The Hall–Kier alpha value is -1.97. The van der Waals surface area contributed by atoms with Crippen molar-refractivity contribution in [2.24, 2.45) is 22.7 Å². The van der Waals surface area contributed by atoms with Crippen molar-refractivity contribution in [2.75, 3.05) is 6.61 Å². The Bertz CT molecular complexity index is 877. The quantitative estimate of drug-likeness (QED) is 0.358. The van der Waals surface area contributed by atoms with Gasteiger partial charge in [0.2, 0.25) is 0 Å². The summed E-state index contributed by atoms with van der Waals surface area (Å²) in [4.78, 5) is 12.3. The van der Waals surface area contributed by atoms with E-state index in [-0.39, 0.29) is 40.8 Å². The maximum absolute atomic E-state index is 12.3. The van der Waals surface area contributed by atoms with Crippen molar-refractivity contribution in [3.05, 3.63) is 34.9 Å². The number of rotatable bonds is 7. The van der Waals surface area contributed by atoms with E-state index in [1.165, 1.54) is 0 Å². The van der Waals surface area contributed by atoms with Gasteiger partial charge in [-0.3, -0.25) is 4.79 Å². The summed E-state index contributed by atoms with van der Waals surface area (Å²) < 4.78 is 5.65. The van der Waals surface area contributed by atoms with Crippen molar-refractivity contribution in [1.29, 1.82) is 0 Å². The van der Waals surface area contributed by atoms with Gasteiger partial charge < -0.3 is 14.9 Å². The standard InChI is InChI=1S/C28H42O4/c1-9-10-11-27(5,6)18-13-22(29)24(23(30)14-18)19-12-17(16-32-25(31)26(2,3)4)20-15-21(19)28(20,7)8/h12-14,19-21,29-30H,9-11,15-16H2,1-8H3/t19-,20+,21-/m0/s1. The fraction of sp³-hybridized carbons (Fsp3) is 0.679. The number of phenolic OH excluding ortho intramolecular Hbond substituents is 2. The molecular formula is C28H42O4. The summed E-state index contributed by atoms with van der Waals surface area (Å²) in [5, 5.41) is 22.1. The second-order valence-corrected chi connectivity index (χ2v) is 12.2. The van der Waals surface area contributed by atoms with Crippen molar-refractivity contribution >= 4 is 5.97 Å². The molecule has 4 rings (SSSR count). The molecule has 1 aromatic carbocycles. The van der Waals surface area contributed by atoms with Crippen molar-refractivity contribution in [3.8, 4) is 11.5 Å². The number of carbonyl (C=O) groups excluding carboxylic acids is 1. The van der Waals surface area contributed by atoms with Gasteiger partial charge in [0.25, 0.3) is 0 Å². The highest BCUT2D eigenvalue weighted by Crippen LogP contribution is 2.65. The lowest BCUT2D eigenvalue weighted by Crippen LogP contribution is -2.52. The molecule has 3 aliphatic rings. The number of esters is 1. The zero-order valence-electron chi connectivity index (χ0n) is 21.2. The van der Waals surface area contributed by atoms with Gasteiger partial charge in [0.1, 0.15) is 18.1 Å². The minimum Gasteiger partial charge on any atom is -0.507 e. The van der Waals surface area contributed by atoms with Gasteiger partial charge in [-0.15, -0.1) is 0 Å². The molecule has 1 aromatic rings. The molecule has 1 saturated carbocycles. The zero-order chi connectivity index (χ0) is 24.1. The molecule has 2 bridgehead atoms. The molecule has 4 nitrogen and oxygen atoms in total. The lowest BCUT2D eigenvalue weighted by atomic mass is 9.45. The smallest absolute Gasteiger partial charge is 0.311 e. The Morgan fingerprint density at radius 2 is 1.72 bits per heavy atom. The number of hydrogen-bond acceptors (Lipinski definition) is 4. The predicted molar refractivity (Wildman–Crippen MR) is 129 cm³/mol. The zero-order valence-corrected chi connectivity index (χ0v) is 21.2. The minimum atomic E-state index is -0.538. The van der Waals surface area contributed by atoms with Crippen LogP contribution in [0.25, 0.3) is 0 Å². The maximum Gasteiger partial charge on any atom is 0.311 e. The van der Waals surface area contributed by atoms with E-state index in [0.29, 0.717) is 17.4 Å². The number of aromatic hydroxyl groups is 2. The van der Waals surface area contributed by atoms with Crippen LogP contribution in [-0.4, -0.2) is 22.8 Å². The third-order valence-corrected chi connectivity index (χ3v) is 8.01. The first-order valence-corrected chi connectivity index (χ1v) is 12.1. The van der Waals surface area contributed by atoms with Gasteiger partial charge in [0, 0.05) is 11.5 Å². The highest BCUT2D eigenvalue weighted by molar-refractivity contribution is 5.75. The first kappa shape index (κ1) is 24.7. The summed E-state index contributed by atoms with van der Waals surface area (Å²) in [6.45, 7) is 16.8. The van der Waals surface area contributed by atoms with Crippen LogP contribution < -0.4 is 0 Å². The van der Waals surface area contributed by atoms with E-state index < -0.39 is 5.41 Å². The predicted octanol–water partition coefficient (Wildman–Crippen LogP) is 6.84. The molecule has 3 aliphatic carbocycles. The van der Waals surface area contributed by atoms with Crippen LogP contribution in [0.4, 0.5) is 0 Å². The fourth-order valence-electron chi connectivity index (χ4n) is 5.58. The summed E-state index contributed by atoms with van der Waals surface area (Å²) in [6, 6.07) is 3.69. The molecule has 32 heavy (non-hydrogen) atoms. The number of allylic oxidation sites excluding steroid dienone is 1. The monoisotopic (exact) mass is 442 g/mol. The molecular weight excluding hydrogens is 400 g/mol. The molecule has 0 radical (unpaired) electrons. The van der Waals surface area contributed by atoms with Crippen LogP contribution in [0, 0.1) is 22.7 Å². The van der Waals surface area contributed by atoms with Gasteiger partial charge in [-0.25, -0.2) is 0 Å². The van der Waals surface area contributed by atoms with Gasteiger partial charge in [0.15, 0.2) is 0 Å². The number of fused-ring (bicyclic) bond motifs is 1. The van der Waals surface area contributed by atoms with E-state index in [2.05, 4.69) is 40.7 Å². The van der Waals surface area contributed by atoms with Crippen molar-refractivity contribution in [1.82, 2.24) is 0 Å². The van der Waals surface area contributed by atoms with Crippen LogP contribution in [0.2, 0.25) is 0 Å². The van der Waals surface area contributed by atoms with Crippen LogP contribution in [0.15, 0.2) is 23.8 Å². The topological polar surface area (TPSA) is 66.8 Å². The van der Waals surface area contributed by atoms with Crippen LogP contribution in [0.1, 0.15) is 98.1 Å². The van der Waals surface area contributed by atoms with Crippen molar-refractivity contribution in [2.45, 2.75) is 92.4 Å². The lowest BCUT2D eigenvalue weighted by Gasteiger charge is -2.59. The number of phenols is 2. The molecule has 0 aromatic heterocycles. The highest BCUT2D eigenvalue weighted by atomic mass is 16.5. The average molecular weight is 443 g/mol. The number of unbranched alkanes of at least 4 members (excludes halogenated alkanes) is 1. The molecule has 0 amide bonds. The molecule has 0 heterocycles. The molecule has 2 N–H and O–H groups in total. The first-order chi connectivity index (χ1) is 14.7. The van der Waals surface area contributed by atoms with E-state index in [0.717, 1.165) is 36.8 Å². The maximum atomic E-state index is 12.3. The molecule has 0 spiro atoms. The molecule has 0 saturated heterocycles. The summed E-state index contributed by atoms with van der Waals surface area (Å²) >= 11 is 0. The Balaban J connectivity index is 1.93. The van der Waals surface area contributed by atoms with Crippen LogP contribution in [-0.2, 0) is 14.9 Å². The van der Waals surface area contributed by atoms with E-state index in [9.17, 15) is 15.0 Å². The third-order valence-electron chi connectivity index (χ3n) is 8.01. The number of carbonyl (C=O) groups is 1. The normalized spacial score (nSPS) is 24.5. The Labute approximate surface area is 194 Å². The highest BCUT2D eigenvalue weighted by Gasteiger charge is 2.56. The van der Waals surface area contributed by atoms with Crippen LogP contribution in [0.5, 0.6) is 11.5 Å². The molecule has 178 valence electrons. The third kappa shape index (κ3) is 4.43. The summed E-state index contributed by atoms with van der Waals surface area (Å²) in [5.41, 5.74) is 2.06. The molecule has 0 unspecified atom stereocenters. The van der Waals surface area contributed by atoms with Gasteiger partial charge >= 0.3 is 5.97 Å². The lowest BCUT2D eigenvalue weighted by molar-refractivity contribution is -0.152. The largest absolute Gasteiger partial charge is 0.507 e. The van der Waals surface area contributed by atoms with Gasteiger partial charge in [-0.2, -0.15) is 0 Å². The van der Waals surface area contributed by atoms with Crippen molar-refractivity contribution in [3.63, 3.8) is 0 Å². The van der Waals surface area contributed by atoms with E-state index in [4.69, 9.17) is 4.74 Å². The van der Waals surface area contributed by atoms with E-state index in [1.54, 1.807) is 0 Å². The van der Waals surface area contributed by atoms with Crippen LogP contribution >= 0.6 is 0 Å². The van der Waals surface area contributed by atoms with Gasteiger partial charge in [0.05, 0.1) is 5.41 Å². The number of ether oxygens (including phenoxy) is 1. The second kappa shape index (κ2) is 8.43. The minimum absolute atomic E-state index is 0.0286.